The number of H-pyrrole nitrogens is 1. The monoisotopic (exact) mass is 371 g/mol. The predicted octanol–water partition coefficient (Wildman–Crippen LogP) is 2.23. The number of aromatic nitrogens is 1. The molecule has 1 aliphatic heterocycles. The number of carbonyl (C=O) groups excluding carboxylic acids is 2. The number of fused-ring (bicyclic) bond motifs is 1. The van der Waals surface area contributed by atoms with Crippen LogP contribution in [0.5, 0.6) is 0 Å². The first-order valence-corrected chi connectivity index (χ1v) is 9.88. The standard InChI is InChI=1S/C21H29N3O3/c1-2-11-22-21(27)17-14-24(12-10-19(17)25)20(26)9-5-6-15-13-23-18-8-4-3-7-16(15)18/h3-4,7-8,13,17,19,23,25H,2,5-6,9-12,14H2,1H3,(H,22,27)/t17-,19+/m0/s1. The molecule has 2 amide bonds. The highest BCUT2D eigenvalue weighted by molar-refractivity contribution is 5.83. The van der Waals surface area contributed by atoms with Gasteiger partial charge in [-0.05, 0) is 37.3 Å². The number of nitrogens with one attached hydrogen (secondary N) is 2. The maximum atomic E-state index is 12.6. The summed E-state index contributed by atoms with van der Waals surface area (Å²) in [5, 5.41) is 14.2. The van der Waals surface area contributed by atoms with Crippen LogP contribution in [0.15, 0.2) is 30.5 Å². The van der Waals surface area contributed by atoms with E-state index in [0.717, 1.165) is 24.8 Å². The molecular formula is C21H29N3O3. The van der Waals surface area contributed by atoms with Crippen molar-refractivity contribution in [2.24, 2.45) is 5.92 Å². The van der Waals surface area contributed by atoms with E-state index < -0.39 is 12.0 Å². The number of aromatic amines is 1. The van der Waals surface area contributed by atoms with E-state index in [4.69, 9.17) is 0 Å². The third-order valence-electron chi connectivity index (χ3n) is 5.33. The van der Waals surface area contributed by atoms with Gasteiger partial charge in [-0.3, -0.25) is 9.59 Å². The highest BCUT2D eigenvalue weighted by Crippen LogP contribution is 2.21. The maximum absolute atomic E-state index is 12.6. The fourth-order valence-electron chi connectivity index (χ4n) is 3.73. The largest absolute Gasteiger partial charge is 0.392 e. The number of nitrogens with zero attached hydrogens (tertiary/aromatic N) is 1. The van der Waals surface area contributed by atoms with Crippen LogP contribution >= 0.6 is 0 Å². The lowest BCUT2D eigenvalue weighted by atomic mass is 9.93. The zero-order valence-electron chi connectivity index (χ0n) is 15.9. The average molecular weight is 371 g/mol. The summed E-state index contributed by atoms with van der Waals surface area (Å²) in [7, 11) is 0. The maximum Gasteiger partial charge on any atom is 0.227 e. The van der Waals surface area contributed by atoms with Gasteiger partial charge in [0, 0.05) is 43.2 Å². The Labute approximate surface area is 159 Å². The lowest BCUT2D eigenvalue weighted by Crippen LogP contribution is -2.51. The van der Waals surface area contributed by atoms with Crippen LogP contribution in [0, 0.1) is 5.92 Å². The number of carbonyl (C=O) groups is 2. The Morgan fingerprint density at radius 3 is 2.96 bits per heavy atom. The van der Waals surface area contributed by atoms with Crippen molar-refractivity contribution in [3.05, 3.63) is 36.0 Å². The van der Waals surface area contributed by atoms with E-state index in [0.29, 0.717) is 32.5 Å². The van der Waals surface area contributed by atoms with Crippen molar-refractivity contribution < 1.29 is 14.7 Å². The van der Waals surface area contributed by atoms with Crippen LogP contribution in [0.1, 0.15) is 38.2 Å². The van der Waals surface area contributed by atoms with E-state index in [1.54, 1.807) is 4.90 Å². The fourth-order valence-corrected chi connectivity index (χ4v) is 3.73. The van der Waals surface area contributed by atoms with Crippen LogP contribution < -0.4 is 5.32 Å². The number of rotatable bonds is 7. The molecular weight excluding hydrogens is 342 g/mol. The minimum Gasteiger partial charge on any atom is -0.392 e. The average Bonchev–Trinajstić information content (AvgIpc) is 3.09. The molecule has 3 rings (SSSR count). The summed E-state index contributed by atoms with van der Waals surface area (Å²) < 4.78 is 0. The number of likely N-dealkylation sites (tertiary alicyclic amines) is 1. The summed E-state index contributed by atoms with van der Waals surface area (Å²) >= 11 is 0. The predicted molar refractivity (Wildman–Crippen MR) is 105 cm³/mol. The number of hydrogen-bond donors (Lipinski definition) is 3. The van der Waals surface area contributed by atoms with Gasteiger partial charge >= 0.3 is 0 Å². The molecule has 1 aromatic heterocycles. The lowest BCUT2D eigenvalue weighted by molar-refractivity contribution is -0.140. The number of aliphatic hydroxyl groups excluding tert-OH is 1. The summed E-state index contributed by atoms with van der Waals surface area (Å²) in [6.07, 6.45) is 4.72. The first-order valence-electron chi connectivity index (χ1n) is 9.88. The van der Waals surface area contributed by atoms with Gasteiger partial charge in [-0.2, -0.15) is 0 Å². The number of para-hydroxylation sites is 1. The van der Waals surface area contributed by atoms with Crippen molar-refractivity contribution in [1.82, 2.24) is 15.2 Å². The van der Waals surface area contributed by atoms with Crippen molar-refractivity contribution >= 4 is 22.7 Å². The molecule has 1 aliphatic rings. The second-order valence-corrected chi connectivity index (χ2v) is 7.31. The summed E-state index contributed by atoms with van der Waals surface area (Å²) in [5.41, 5.74) is 2.34. The van der Waals surface area contributed by atoms with Crippen molar-refractivity contribution in [3.63, 3.8) is 0 Å². The minimum atomic E-state index is -0.669. The summed E-state index contributed by atoms with van der Waals surface area (Å²) in [6.45, 7) is 3.41. The molecule has 0 unspecified atom stereocenters. The summed E-state index contributed by atoms with van der Waals surface area (Å²) in [5.74, 6) is -0.612. The quantitative estimate of drug-likeness (QED) is 0.698. The molecule has 2 aromatic rings. The second-order valence-electron chi connectivity index (χ2n) is 7.31. The summed E-state index contributed by atoms with van der Waals surface area (Å²) in [4.78, 5) is 29.8. The normalized spacial score (nSPS) is 20.0. The number of benzene rings is 1. The second kappa shape index (κ2) is 9.04. The molecule has 1 aromatic carbocycles. The van der Waals surface area contributed by atoms with Crippen molar-refractivity contribution in [1.29, 1.82) is 0 Å². The Bertz CT molecular complexity index is 786. The van der Waals surface area contributed by atoms with Gasteiger partial charge in [0.05, 0.1) is 12.0 Å². The van der Waals surface area contributed by atoms with Crippen LogP contribution in [0.25, 0.3) is 10.9 Å². The molecule has 6 nitrogen and oxygen atoms in total. The number of aliphatic hydroxyl groups is 1. The Hall–Kier alpha value is -2.34. The molecule has 146 valence electrons. The van der Waals surface area contributed by atoms with E-state index in [-0.39, 0.29) is 11.8 Å². The zero-order chi connectivity index (χ0) is 19.2. The fraction of sp³-hybridized carbons (Fsp3) is 0.524. The van der Waals surface area contributed by atoms with E-state index in [1.807, 2.05) is 31.3 Å². The van der Waals surface area contributed by atoms with Gasteiger partial charge in [-0.15, -0.1) is 0 Å². The molecule has 0 radical (unpaired) electrons. The number of piperidine rings is 1. The molecule has 27 heavy (non-hydrogen) atoms. The molecule has 2 heterocycles. The van der Waals surface area contributed by atoms with Gasteiger partial charge in [0.25, 0.3) is 0 Å². The highest BCUT2D eigenvalue weighted by Gasteiger charge is 2.34. The summed E-state index contributed by atoms with van der Waals surface area (Å²) in [6, 6.07) is 8.17. The number of amides is 2. The van der Waals surface area contributed by atoms with Crippen LogP contribution in [-0.4, -0.2) is 52.5 Å². The molecule has 0 spiro atoms. The van der Waals surface area contributed by atoms with Crippen molar-refractivity contribution in [3.8, 4) is 0 Å². The molecule has 0 aliphatic carbocycles. The van der Waals surface area contributed by atoms with E-state index in [9.17, 15) is 14.7 Å². The minimum absolute atomic E-state index is 0.0648. The highest BCUT2D eigenvalue weighted by atomic mass is 16.3. The van der Waals surface area contributed by atoms with Gasteiger partial charge in [-0.25, -0.2) is 0 Å². The number of aryl methyl sites for hydroxylation is 1. The Balaban J connectivity index is 1.51. The third-order valence-corrected chi connectivity index (χ3v) is 5.33. The molecule has 0 saturated carbocycles. The molecule has 2 atom stereocenters. The molecule has 0 bridgehead atoms. The van der Waals surface area contributed by atoms with Crippen LogP contribution in [0.2, 0.25) is 0 Å². The van der Waals surface area contributed by atoms with E-state index in [2.05, 4.69) is 16.4 Å². The topological polar surface area (TPSA) is 85.4 Å². The lowest BCUT2D eigenvalue weighted by Gasteiger charge is -2.35. The van der Waals surface area contributed by atoms with E-state index >= 15 is 0 Å². The third kappa shape index (κ3) is 4.69. The first-order chi connectivity index (χ1) is 13.1. The van der Waals surface area contributed by atoms with Gasteiger partial charge in [-0.1, -0.05) is 25.1 Å². The van der Waals surface area contributed by atoms with Crippen molar-refractivity contribution in [2.75, 3.05) is 19.6 Å². The Morgan fingerprint density at radius 1 is 1.33 bits per heavy atom. The number of hydrogen-bond acceptors (Lipinski definition) is 3. The SMILES string of the molecule is CCCNC(=O)[C@H]1CN(C(=O)CCCc2c[nH]c3ccccc23)CC[C@H]1O. The zero-order valence-corrected chi connectivity index (χ0v) is 15.9. The van der Waals surface area contributed by atoms with Crippen LogP contribution in [0.4, 0.5) is 0 Å². The smallest absolute Gasteiger partial charge is 0.227 e. The Morgan fingerprint density at radius 2 is 2.15 bits per heavy atom. The van der Waals surface area contributed by atoms with Gasteiger partial charge in [0.2, 0.25) is 11.8 Å². The van der Waals surface area contributed by atoms with Crippen LogP contribution in [-0.2, 0) is 16.0 Å². The van der Waals surface area contributed by atoms with Gasteiger partial charge in [0.1, 0.15) is 0 Å². The molecule has 3 N–H and O–H groups in total. The van der Waals surface area contributed by atoms with Gasteiger partial charge < -0.3 is 20.3 Å². The first kappa shape index (κ1) is 19.4. The molecule has 6 heteroatoms. The van der Waals surface area contributed by atoms with Crippen molar-refractivity contribution in [2.45, 2.75) is 45.1 Å². The molecule has 1 saturated heterocycles. The Kier molecular flexibility index (Phi) is 6.50. The van der Waals surface area contributed by atoms with Crippen LogP contribution in [0.3, 0.4) is 0 Å². The molecule has 1 fully saturated rings. The van der Waals surface area contributed by atoms with E-state index in [1.165, 1.54) is 10.9 Å². The van der Waals surface area contributed by atoms with Gasteiger partial charge in [0.15, 0.2) is 0 Å².